The Morgan fingerprint density at radius 3 is 2.05 bits per heavy atom. The van der Waals surface area contributed by atoms with Crippen molar-refractivity contribution in [3.8, 4) is 5.75 Å². The highest BCUT2D eigenvalue weighted by Crippen LogP contribution is 2.30. The lowest BCUT2D eigenvalue weighted by Crippen LogP contribution is -2.21. The molecule has 3 unspecified atom stereocenters. The van der Waals surface area contributed by atoms with Gasteiger partial charge in [-0.3, -0.25) is 0 Å². The molecular weight excluding hydrogens is 260 g/mol. The molecule has 0 amide bonds. The minimum atomic E-state index is -0.206. The third-order valence-corrected chi connectivity index (χ3v) is 4.01. The molecule has 0 aliphatic heterocycles. The molecule has 1 rings (SSSR count). The Morgan fingerprint density at radius 2 is 1.57 bits per heavy atom. The van der Waals surface area contributed by atoms with Crippen molar-refractivity contribution in [2.75, 3.05) is 0 Å². The van der Waals surface area contributed by atoms with Gasteiger partial charge in [0, 0.05) is 0 Å². The molecule has 0 bridgehead atoms. The van der Waals surface area contributed by atoms with E-state index >= 15 is 0 Å². The molecule has 0 saturated heterocycles. The van der Waals surface area contributed by atoms with Crippen LogP contribution in [0.2, 0.25) is 0 Å². The van der Waals surface area contributed by atoms with Crippen molar-refractivity contribution in [3.05, 3.63) is 29.8 Å². The molecular formula is C19H32O2. The van der Waals surface area contributed by atoms with Crippen molar-refractivity contribution < 1.29 is 9.47 Å². The molecule has 1 aromatic carbocycles. The highest BCUT2D eigenvalue weighted by molar-refractivity contribution is 5.29. The quantitative estimate of drug-likeness (QED) is 0.538. The molecule has 0 aromatic heterocycles. The average molecular weight is 292 g/mol. The molecule has 3 atom stereocenters. The molecule has 0 saturated carbocycles. The van der Waals surface area contributed by atoms with E-state index in [-0.39, 0.29) is 12.4 Å². The van der Waals surface area contributed by atoms with Crippen LogP contribution in [0.15, 0.2) is 24.3 Å². The maximum atomic E-state index is 5.82. The van der Waals surface area contributed by atoms with Crippen molar-refractivity contribution in [3.63, 3.8) is 0 Å². The highest BCUT2D eigenvalue weighted by Gasteiger charge is 2.15. The van der Waals surface area contributed by atoms with Crippen LogP contribution in [-0.4, -0.2) is 12.4 Å². The van der Waals surface area contributed by atoms with Gasteiger partial charge in [-0.15, -0.1) is 0 Å². The van der Waals surface area contributed by atoms with Gasteiger partial charge >= 0.3 is 0 Å². The van der Waals surface area contributed by atoms with Gasteiger partial charge in [0.05, 0.1) is 6.10 Å². The Morgan fingerprint density at radius 1 is 0.952 bits per heavy atom. The molecule has 0 heterocycles. The minimum Gasteiger partial charge on any atom is -0.465 e. The highest BCUT2D eigenvalue weighted by atomic mass is 16.7. The summed E-state index contributed by atoms with van der Waals surface area (Å²) in [5.74, 6) is 2.19. The summed E-state index contributed by atoms with van der Waals surface area (Å²) in [5.41, 5.74) is 1.41. The predicted octanol–water partition coefficient (Wildman–Crippen LogP) is 5.77. The lowest BCUT2D eigenvalue weighted by molar-refractivity contribution is -0.102. The summed E-state index contributed by atoms with van der Waals surface area (Å²) in [7, 11) is 0. The first-order valence-corrected chi connectivity index (χ1v) is 8.39. The van der Waals surface area contributed by atoms with Crippen LogP contribution in [-0.2, 0) is 4.74 Å². The summed E-state index contributed by atoms with van der Waals surface area (Å²) in [4.78, 5) is 0. The SMILES string of the molecule is CCCC(c1ccc(OC(C)OC(C)CC)cc1)C(C)C. The Kier molecular flexibility index (Phi) is 7.81. The number of rotatable bonds is 9. The van der Waals surface area contributed by atoms with Crippen molar-refractivity contribution >= 4 is 0 Å². The van der Waals surface area contributed by atoms with Crippen LogP contribution in [0, 0.1) is 5.92 Å². The smallest absolute Gasteiger partial charge is 0.197 e. The van der Waals surface area contributed by atoms with E-state index in [1.54, 1.807) is 0 Å². The van der Waals surface area contributed by atoms with Gasteiger partial charge in [0.1, 0.15) is 5.75 Å². The molecule has 2 nitrogen and oxygen atoms in total. The van der Waals surface area contributed by atoms with Crippen LogP contribution in [0.25, 0.3) is 0 Å². The van der Waals surface area contributed by atoms with E-state index in [9.17, 15) is 0 Å². The molecule has 2 heteroatoms. The van der Waals surface area contributed by atoms with E-state index in [0.717, 1.165) is 12.2 Å². The third-order valence-electron chi connectivity index (χ3n) is 4.01. The number of hydrogen-bond donors (Lipinski definition) is 0. The van der Waals surface area contributed by atoms with Crippen molar-refractivity contribution in [2.24, 2.45) is 5.92 Å². The van der Waals surface area contributed by atoms with Gasteiger partial charge in [0.25, 0.3) is 0 Å². The maximum absolute atomic E-state index is 5.82. The molecule has 120 valence electrons. The molecule has 0 spiro atoms. The number of ether oxygens (including phenoxy) is 2. The van der Waals surface area contributed by atoms with Gasteiger partial charge in [-0.05, 0) is 56.2 Å². The van der Waals surface area contributed by atoms with Gasteiger partial charge in [-0.25, -0.2) is 0 Å². The Bertz CT molecular complexity index is 383. The Hall–Kier alpha value is -1.02. The van der Waals surface area contributed by atoms with Gasteiger partial charge < -0.3 is 9.47 Å². The summed E-state index contributed by atoms with van der Waals surface area (Å²) in [6, 6.07) is 8.53. The zero-order chi connectivity index (χ0) is 15.8. The second-order valence-corrected chi connectivity index (χ2v) is 6.25. The van der Waals surface area contributed by atoms with Crippen molar-refractivity contribution in [1.29, 1.82) is 0 Å². The second-order valence-electron chi connectivity index (χ2n) is 6.25. The molecule has 0 radical (unpaired) electrons. The van der Waals surface area contributed by atoms with E-state index in [0.29, 0.717) is 11.8 Å². The third kappa shape index (κ3) is 6.09. The Labute approximate surface area is 130 Å². The zero-order valence-electron chi connectivity index (χ0n) is 14.6. The van der Waals surface area contributed by atoms with Crippen LogP contribution >= 0.6 is 0 Å². The van der Waals surface area contributed by atoms with E-state index < -0.39 is 0 Å². The lowest BCUT2D eigenvalue weighted by Gasteiger charge is -2.22. The van der Waals surface area contributed by atoms with E-state index in [1.165, 1.54) is 18.4 Å². The monoisotopic (exact) mass is 292 g/mol. The maximum Gasteiger partial charge on any atom is 0.197 e. The van der Waals surface area contributed by atoms with Crippen LogP contribution in [0.5, 0.6) is 5.75 Å². The average Bonchev–Trinajstić information content (AvgIpc) is 2.45. The number of benzene rings is 1. The van der Waals surface area contributed by atoms with Gasteiger partial charge in [-0.2, -0.15) is 0 Å². The normalized spacial score (nSPS) is 15.8. The first kappa shape index (κ1) is 18.0. The first-order chi connectivity index (χ1) is 9.97. The topological polar surface area (TPSA) is 18.5 Å². The molecule has 0 aliphatic carbocycles. The van der Waals surface area contributed by atoms with E-state index in [1.807, 2.05) is 6.92 Å². The van der Waals surface area contributed by atoms with Crippen LogP contribution < -0.4 is 4.74 Å². The fraction of sp³-hybridized carbons (Fsp3) is 0.684. The molecule has 0 fully saturated rings. The van der Waals surface area contributed by atoms with Crippen molar-refractivity contribution in [2.45, 2.75) is 79.1 Å². The largest absolute Gasteiger partial charge is 0.465 e. The van der Waals surface area contributed by atoms with Crippen molar-refractivity contribution in [1.82, 2.24) is 0 Å². The summed E-state index contributed by atoms with van der Waals surface area (Å²) < 4.78 is 11.6. The van der Waals surface area contributed by atoms with Gasteiger partial charge in [-0.1, -0.05) is 46.2 Å². The summed E-state index contributed by atoms with van der Waals surface area (Å²) in [6.07, 6.45) is 3.49. The van der Waals surface area contributed by atoms with Gasteiger partial charge in [0.15, 0.2) is 6.29 Å². The van der Waals surface area contributed by atoms with Crippen LogP contribution in [0.3, 0.4) is 0 Å². The Balaban J connectivity index is 2.64. The standard InChI is InChI=1S/C19H32O2/c1-7-9-19(14(3)4)17-10-12-18(13-11-17)21-16(6)20-15(5)8-2/h10-16,19H,7-9H2,1-6H3. The summed E-state index contributed by atoms with van der Waals surface area (Å²) in [5, 5.41) is 0. The summed E-state index contributed by atoms with van der Waals surface area (Å²) >= 11 is 0. The first-order valence-electron chi connectivity index (χ1n) is 8.39. The lowest BCUT2D eigenvalue weighted by atomic mass is 9.85. The second kappa shape index (κ2) is 9.09. The molecule has 1 aromatic rings. The fourth-order valence-electron chi connectivity index (χ4n) is 2.63. The zero-order valence-corrected chi connectivity index (χ0v) is 14.6. The van der Waals surface area contributed by atoms with Gasteiger partial charge in [0.2, 0.25) is 0 Å². The summed E-state index contributed by atoms with van der Waals surface area (Å²) in [6.45, 7) is 13.0. The molecule has 21 heavy (non-hydrogen) atoms. The molecule has 0 aliphatic rings. The van der Waals surface area contributed by atoms with E-state index in [2.05, 4.69) is 58.9 Å². The fourth-order valence-corrected chi connectivity index (χ4v) is 2.63. The predicted molar refractivity (Wildman–Crippen MR) is 89.9 cm³/mol. The minimum absolute atomic E-state index is 0.206. The van der Waals surface area contributed by atoms with Crippen LogP contribution in [0.4, 0.5) is 0 Å². The van der Waals surface area contributed by atoms with E-state index in [4.69, 9.17) is 9.47 Å². The van der Waals surface area contributed by atoms with Crippen LogP contribution in [0.1, 0.15) is 72.3 Å². The number of hydrogen-bond acceptors (Lipinski definition) is 2. The molecule has 0 N–H and O–H groups in total.